The summed E-state index contributed by atoms with van der Waals surface area (Å²) in [7, 11) is 0. The highest BCUT2D eigenvalue weighted by Crippen LogP contribution is 2.23. The minimum Gasteiger partial charge on any atom is -0.443 e. The van der Waals surface area contributed by atoms with Gasteiger partial charge in [0.15, 0.2) is 12.0 Å². The van der Waals surface area contributed by atoms with E-state index in [9.17, 15) is 0 Å². The van der Waals surface area contributed by atoms with E-state index in [1.165, 1.54) is 12.8 Å². The Bertz CT molecular complexity index is 488. The number of nitrogens with one attached hydrogen (secondary N) is 1. The lowest BCUT2D eigenvalue weighted by atomic mass is 9.99. The summed E-state index contributed by atoms with van der Waals surface area (Å²) in [6.07, 6.45) is 3.83. The number of hydrogen-bond acceptors (Lipinski definition) is 4. The maximum Gasteiger partial charge on any atom is 0.181 e. The van der Waals surface area contributed by atoms with Gasteiger partial charge in [-0.25, -0.2) is 4.98 Å². The highest BCUT2D eigenvalue weighted by atomic mass is 16.3. The second-order valence-corrected chi connectivity index (χ2v) is 4.31. The fraction of sp³-hybridized carbons (Fsp3) is 0.417. The molecule has 0 radical (unpaired) electrons. The van der Waals surface area contributed by atoms with Crippen molar-refractivity contribution < 1.29 is 4.42 Å². The van der Waals surface area contributed by atoms with Crippen molar-refractivity contribution in [3.05, 3.63) is 30.2 Å². The third kappa shape index (κ3) is 1.60. The van der Waals surface area contributed by atoms with Gasteiger partial charge in [0.1, 0.15) is 5.52 Å². The SMILES string of the molecule is NC(c1ccc2ncoc2c1)C1CCCN1. The first-order chi connectivity index (χ1) is 7.84. The van der Waals surface area contributed by atoms with E-state index >= 15 is 0 Å². The molecule has 3 N–H and O–H groups in total. The Labute approximate surface area is 93.8 Å². The normalized spacial score (nSPS) is 22.7. The zero-order chi connectivity index (χ0) is 11.0. The minimum atomic E-state index is 0.0389. The molecule has 2 unspecified atom stereocenters. The van der Waals surface area contributed by atoms with Crippen LogP contribution in [-0.2, 0) is 0 Å². The Hall–Kier alpha value is -1.39. The standard InChI is InChI=1S/C12H15N3O/c13-12(10-2-1-5-14-10)8-3-4-9-11(6-8)16-7-15-9/h3-4,6-7,10,12,14H,1-2,5,13H2. The molecule has 0 amide bonds. The maximum atomic E-state index is 6.24. The molecule has 1 fully saturated rings. The molecule has 1 saturated heterocycles. The van der Waals surface area contributed by atoms with Gasteiger partial charge in [0.2, 0.25) is 0 Å². The number of rotatable bonds is 2. The number of nitrogens with two attached hydrogens (primary N) is 1. The van der Waals surface area contributed by atoms with Gasteiger partial charge >= 0.3 is 0 Å². The van der Waals surface area contributed by atoms with Crippen molar-refractivity contribution >= 4 is 11.1 Å². The second-order valence-electron chi connectivity index (χ2n) is 4.31. The second kappa shape index (κ2) is 3.88. The van der Waals surface area contributed by atoms with Gasteiger partial charge in [-0.2, -0.15) is 0 Å². The van der Waals surface area contributed by atoms with Crippen molar-refractivity contribution in [2.45, 2.75) is 24.9 Å². The molecule has 0 aliphatic carbocycles. The van der Waals surface area contributed by atoms with Gasteiger partial charge in [0.05, 0.1) is 0 Å². The van der Waals surface area contributed by atoms with Gasteiger partial charge in [-0.1, -0.05) is 6.07 Å². The Morgan fingerprint density at radius 1 is 1.50 bits per heavy atom. The minimum absolute atomic E-state index is 0.0389. The van der Waals surface area contributed by atoms with Gasteiger partial charge in [-0.05, 0) is 37.1 Å². The van der Waals surface area contributed by atoms with Crippen LogP contribution in [0.3, 0.4) is 0 Å². The summed E-state index contributed by atoms with van der Waals surface area (Å²) in [5.41, 5.74) is 9.05. The smallest absolute Gasteiger partial charge is 0.181 e. The van der Waals surface area contributed by atoms with Crippen LogP contribution >= 0.6 is 0 Å². The third-order valence-electron chi connectivity index (χ3n) is 3.27. The predicted octanol–water partition coefficient (Wildman–Crippen LogP) is 1.58. The lowest BCUT2D eigenvalue weighted by Crippen LogP contribution is -2.34. The lowest BCUT2D eigenvalue weighted by Gasteiger charge is -2.19. The molecular formula is C12H15N3O. The average molecular weight is 217 g/mol. The monoisotopic (exact) mass is 217 g/mol. The number of nitrogens with zero attached hydrogens (tertiary/aromatic N) is 1. The summed E-state index contributed by atoms with van der Waals surface area (Å²) in [5.74, 6) is 0. The Morgan fingerprint density at radius 2 is 2.44 bits per heavy atom. The summed E-state index contributed by atoms with van der Waals surface area (Å²) in [5, 5.41) is 3.43. The number of hydrogen-bond donors (Lipinski definition) is 2. The van der Waals surface area contributed by atoms with Gasteiger partial charge in [-0.3, -0.25) is 0 Å². The van der Waals surface area contributed by atoms with Crippen LogP contribution in [0.5, 0.6) is 0 Å². The maximum absolute atomic E-state index is 6.24. The van der Waals surface area contributed by atoms with Crippen LogP contribution in [0, 0.1) is 0 Å². The zero-order valence-corrected chi connectivity index (χ0v) is 9.02. The van der Waals surface area contributed by atoms with Crippen molar-refractivity contribution in [3.63, 3.8) is 0 Å². The highest BCUT2D eigenvalue weighted by molar-refractivity contribution is 5.72. The van der Waals surface area contributed by atoms with E-state index in [0.717, 1.165) is 29.6 Å². The van der Waals surface area contributed by atoms with Crippen LogP contribution in [0.15, 0.2) is 29.0 Å². The van der Waals surface area contributed by atoms with Crippen molar-refractivity contribution in [3.8, 4) is 0 Å². The van der Waals surface area contributed by atoms with E-state index in [1.54, 1.807) is 0 Å². The molecule has 1 aliphatic heterocycles. The number of aromatic nitrogens is 1. The van der Waals surface area contributed by atoms with E-state index in [1.807, 2.05) is 18.2 Å². The molecule has 1 aromatic heterocycles. The fourth-order valence-electron chi connectivity index (χ4n) is 2.33. The topological polar surface area (TPSA) is 64.1 Å². The molecule has 1 aromatic carbocycles. The Kier molecular flexibility index (Phi) is 2.38. The molecule has 84 valence electrons. The van der Waals surface area contributed by atoms with Crippen LogP contribution in [0.1, 0.15) is 24.4 Å². The van der Waals surface area contributed by atoms with Gasteiger partial charge in [-0.15, -0.1) is 0 Å². The lowest BCUT2D eigenvalue weighted by molar-refractivity contribution is 0.500. The number of fused-ring (bicyclic) bond motifs is 1. The van der Waals surface area contributed by atoms with E-state index < -0.39 is 0 Å². The molecule has 1 aliphatic rings. The summed E-state index contributed by atoms with van der Waals surface area (Å²) in [6.45, 7) is 1.07. The summed E-state index contributed by atoms with van der Waals surface area (Å²) < 4.78 is 5.28. The first kappa shape index (κ1) is 9.81. The first-order valence-electron chi connectivity index (χ1n) is 5.67. The Balaban J connectivity index is 1.91. The molecular weight excluding hydrogens is 202 g/mol. The van der Waals surface area contributed by atoms with Crippen molar-refractivity contribution in [1.29, 1.82) is 0 Å². The quantitative estimate of drug-likeness (QED) is 0.801. The van der Waals surface area contributed by atoms with Gasteiger partial charge in [0, 0.05) is 12.1 Å². The van der Waals surface area contributed by atoms with Crippen LogP contribution in [0.4, 0.5) is 0 Å². The first-order valence-corrected chi connectivity index (χ1v) is 5.67. The number of oxazole rings is 1. The molecule has 0 spiro atoms. The molecule has 2 atom stereocenters. The van der Waals surface area contributed by atoms with Crippen LogP contribution < -0.4 is 11.1 Å². The molecule has 0 bridgehead atoms. The van der Waals surface area contributed by atoms with Crippen molar-refractivity contribution in [2.75, 3.05) is 6.54 Å². The average Bonchev–Trinajstić information content (AvgIpc) is 2.98. The molecule has 3 rings (SSSR count). The zero-order valence-electron chi connectivity index (χ0n) is 9.02. The fourth-order valence-corrected chi connectivity index (χ4v) is 2.33. The summed E-state index contributed by atoms with van der Waals surface area (Å²) in [4.78, 5) is 4.09. The molecule has 2 heterocycles. The summed E-state index contributed by atoms with van der Waals surface area (Å²) >= 11 is 0. The largest absolute Gasteiger partial charge is 0.443 e. The molecule has 4 nitrogen and oxygen atoms in total. The molecule has 0 saturated carbocycles. The number of benzene rings is 1. The van der Waals surface area contributed by atoms with Crippen molar-refractivity contribution in [1.82, 2.24) is 10.3 Å². The molecule has 4 heteroatoms. The third-order valence-corrected chi connectivity index (χ3v) is 3.27. The van der Waals surface area contributed by atoms with E-state index in [-0.39, 0.29) is 6.04 Å². The van der Waals surface area contributed by atoms with E-state index in [0.29, 0.717) is 6.04 Å². The highest BCUT2D eigenvalue weighted by Gasteiger charge is 2.22. The van der Waals surface area contributed by atoms with Gasteiger partial charge < -0.3 is 15.5 Å². The van der Waals surface area contributed by atoms with Crippen LogP contribution in [0.25, 0.3) is 11.1 Å². The van der Waals surface area contributed by atoms with Crippen LogP contribution in [0.2, 0.25) is 0 Å². The summed E-state index contributed by atoms with van der Waals surface area (Å²) in [6, 6.07) is 6.42. The van der Waals surface area contributed by atoms with Crippen molar-refractivity contribution in [2.24, 2.45) is 5.73 Å². The molecule has 16 heavy (non-hydrogen) atoms. The molecule has 2 aromatic rings. The Morgan fingerprint density at radius 3 is 3.25 bits per heavy atom. The van der Waals surface area contributed by atoms with E-state index in [2.05, 4.69) is 10.3 Å². The van der Waals surface area contributed by atoms with E-state index in [4.69, 9.17) is 10.2 Å². The van der Waals surface area contributed by atoms with Gasteiger partial charge in [0.25, 0.3) is 0 Å². The predicted molar refractivity (Wildman–Crippen MR) is 62.0 cm³/mol. The van der Waals surface area contributed by atoms with Crippen LogP contribution in [-0.4, -0.2) is 17.6 Å².